The average molecular weight is 453 g/mol. The molecule has 0 aromatic heterocycles. The molecule has 0 aliphatic carbocycles. The molecule has 0 saturated heterocycles. The summed E-state index contributed by atoms with van der Waals surface area (Å²) in [5, 5.41) is 0. The van der Waals surface area contributed by atoms with Gasteiger partial charge in [-0.1, -0.05) is 64.0 Å². The van der Waals surface area contributed by atoms with Crippen LogP contribution in [0.15, 0.2) is 59.1 Å². The van der Waals surface area contributed by atoms with Crippen molar-refractivity contribution in [1.29, 1.82) is 0 Å². The molecule has 0 atom stereocenters. The molecule has 0 radical (unpaired) electrons. The SMILES string of the molecule is COC(=O)Cc1c(C)c(OCc2ccccc2Br)cc(C)c1-c1ccc(C)cc1. The Morgan fingerprint density at radius 2 is 1.69 bits per heavy atom. The molecule has 0 amide bonds. The fourth-order valence-electron chi connectivity index (χ4n) is 3.43. The lowest BCUT2D eigenvalue weighted by Gasteiger charge is -2.20. The largest absolute Gasteiger partial charge is 0.489 e. The first-order valence-corrected chi connectivity index (χ1v) is 10.3. The summed E-state index contributed by atoms with van der Waals surface area (Å²) in [4.78, 5) is 12.1. The number of ether oxygens (including phenoxy) is 2. The van der Waals surface area contributed by atoms with E-state index < -0.39 is 0 Å². The first-order valence-electron chi connectivity index (χ1n) is 9.54. The molecule has 3 nitrogen and oxygen atoms in total. The van der Waals surface area contributed by atoms with Gasteiger partial charge in [0.1, 0.15) is 12.4 Å². The number of benzene rings is 3. The quantitative estimate of drug-likeness (QED) is 0.409. The molecule has 0 aliphatic rings. The number of esters is 1. The van der Waals surface area contributed by atoms with Crippen molar-refractivity contribution < 1.29 is 14.3 Å². The Bertz CT molecular complexity index is 1020. The first kappa shape index (κ1) is 21.1. The van der Waals surface area contributed by atoms with Crippen LogP contribution < -0.4 is 4.74 Å². The number of methoxy groups -OCH3 is 1. The molecule has 3 rings (SSSR count). The number of halogens is 1. The maximum absolute atomic E-state index is 12.1. The highest BCUT2D eigenvalue weighted by atomic mass is 79.9. The lowest BCUT2D eigenvalue weighted by Crippen LogP contribution is -2.10. The number of hydrogen-bond donors (Lipinski definition) is 0. The van der Waals surface area contributed by atoms with Gasteiger partial charge in [0.15, 0.2) is 0 Å². The molecule has 3 aromatic carbocycles. The molecular formula is C25H25BrO3. The Balaban J connectivity index is 2.04. The summed E-state index contributed by atoms with van der Waals surface area (Å²) in [6, 6.07) is 18.4. The van der Waals surface area contributed by atoms with E-state index in [1.807, 2.05) is 31.2 Å². The summed E-state index contributed by atoms with van der Waals surface area (Å²) in [5.41, 5.74) is 7.41. The molecule has 3 aromatic rings. The van der Waals surface area contributed by atoms with Crippen molar-refractivity contribution in [3.63, 3.8) is 0 Å². The highest BCUT2D eigenvalue weighted by Gasteiger charge is 2.19. The van der Waals surface area contributed by atoms with Crippen LogP contribution in [0.5, 0.6) is 5.75 Å². The minimum Gasteiger partial charge on any atom is -0.489 e. The molecule has 0 fully saturated rings. The zero-order chi connectivity index (χ0) is 21.0. The molecule has 0 spiro atoms. The van der Waals surface area contributed by atoms with Gasteiger partial charge in [0.2, 0.25) is 0 Å². The molecule has 0 aliphatic heterocycles. The van der Waals surface area contributed by atoms with E-state index in [2.05, 4.69) is 60.1 Å². The molecule has 0 heterocycles. The number of rotatable bonds is 6. The standard InChI is InChI=1S/C25H25BrO3/c1-16-9-11-19(12-10-16)25-17(2)13-23(18(3)21(25)14-24(27)28-4)29-15-20-7-5-6-8-22(20)26/h5-13H,14-15H2,1-4H3. The minimum absolute atomic E-state index is 0.207. The molecule has 0 saturated carbocycles. The summed E-state index contributed by atoms with van der Waals surface area (Å²) in [7, 11) is 1.42. The molecule has 0 unspecified atom stereocenters. The second-order valence-electron chi connectivity index (χ2n) is 7.17. The molecule has 29 heavy (non-hydrogen) atoms. The maximum atomic E-state index is 12.1. The lowest BCUT2D eigenvalue weighted by atomic mass is 9.89. The van der Waals surface area contributed by atoms with Gasteiger partial charge in [-0.15, -0.1) is 0 Å². The highest BCUT2D eigenvalue weighted by Crippen LogP contribution is 2.36. The predicted molar refractivity (Wildman–Crippen MR) is 120 cm³/mol. The lowest BCUT2D eigenvalue weighted by molar-refractivity contribution is -0.139. The van der Waals surface area contributed by atoms with Gasteiger partial charge in [-0.05, 0) is 60.7 Å². The summed E-state index contributed by atoms with van der Waals surface area (Å²) >= 11 is 3.57. The van der Waals surface area contributed by atoms with Crippen LogP contribution in [-0.4, -0.2) is 13.1 Å². The van der Waals surface area contributed by atoms with Crippen molar-refractivity contribution in [2.75, 3.05) is 7.11 Å². The van der Waals surface area contributed by atoms with Gasteiger partial charge >= 0.3 is 5.97 Å². The minimum atomic E-state index is -0.260. The number of carbonyl (C=O) groups is 1. The van der Waals surface area contributed by atoms with Crippen LogP contribution in [0.25, 0.3) is 11.1 Å². The van der Waals surface area contributed by atoms with Crippen LogP contribution in [0.4, 0.5) is 0 Å². The average Bonchev–Trinajstić information content (AvgIpc) is 2.71. The summed E-state index contributed by atoms with van der Waals surface area (Å²) in [6.07, 6.45) is 0.207. The van der Waals surface area contributed by atoms with Crippen molar-refractivity contribution in [3.8, 4) is 16.9 Å². The number of hydrogen-bond acceptors (Lipinski definition) is 3. The van der Waals surface area contributed by atoms with E-state index in [0.29, 0.717) is 6.61 Å². The van der Waals surface area contributed by atoms with Crippen LogP contribution in [-0.2, 0) is 22.6 Å². The van der Waals surface area contributed by atoms with E-state index in [1.54, 1.807) is 0 Å². The van der Waals surface area contributed by atoms with Crippen LogP contribution in [0.3, 0.4) is 0 Å². The van der Waals surface area contributed by atoms with Gasteiger partial charge < -0.3 is 9.47 Å². The van der Waals surface area contributed by atoms with Crippen molar-refractivity contribution in [2.45, 2.75) is 33.8 Å². The van der Waals surface area contributed by atoms with Crippen LogP contribution in [0.1, 0.15) is 27.8 Å². The normalized spacial score (nSPS) is 10.7. The zero-order valence-electron chi connectivity index (χ0n) is 17.2. The maximum Gasteiger partial charge on any atom is 0.310 e. The zero-order valence-corrected chi connectivity index (χ0v) is 18.8. The van der Waals surface area contributed by atoms with E-state index in [0.717, 1.165) is 43.6 Å². The van der Waals surface area contributed by atoms with Gasteiger partial charge in [-0.25, -0.2) is 0 Å². The highest BCUT2D eigenvalue weighted by molar-refractivity contribution is 9.10. The Labute approximate surface area is 180 Å². The van der Waals surface area contributed by atoms with E-state index >= 15 is 0 Å². The van der Waals surface area contributed by atoms with Gasteiger partial charge in [0.05, 0.1) is 13.5 Å². The van der Waals surface area contributed by atoms with E-state index in [9.17, 15) is 4.79 Å². The van der Waals surface area contributed by atoms with Crippen molar-refractivity contribution in [1.82, 2.24) is 0 Å². The van der Waals surface area contributed by atoms with Crippen LogP contribution >= 0.6 is 15.9 Å². The van der Waals surface area contributed by atoms with Crippen LogP contribution in [0.2, 0.25) is 0 Å². The Morgan fingerprint density at radius 1 is 1.00 bits per heavy atom. The van der Waals surface area contributed by atoms with E-state index in [-0.39, 0.29) is 12.4 Å². The number of aryl methyl sites for hydroxylation is 2. The Kier molecular flexibility index (Phi) is 6.75. The first-order chi connectivity index (χ1) is 13.9. The van der Waals surface area contributed by atoms with Crippen molar-refractivity contribution in [2.24, 2.45) is 0 Å². The van der Waals surface area contributed by atoms with Crippen LogP contribution in [0, 0.1) is 20.8 Å². The molecule has 4 heteroatoms. The van der Waals surface area contributed by atoms with Gasteiger partial charge in [0, 0.05) is 10.0 Å². The third-order valence-electron chi connectivity index (χ3n) is 5.10. The monoisotopic (exact) mass is 452 g/mol. The fraction of sp³-hybridized carbons (Fsp3) is 0.240. The predicted octanol–water partition coefficient (Wildman–Crippen LogP) is 6.34. The summed E-state index contributed by atoms with van der Waals surface area (Å²) in [6.45, 7) is 6.57. The molecule has 0 bridgehead atoms. The smallest absolute Gasteiger partial charge is 0.310 e. The third-order valence-corrected chi connectivity index (χ3v) is 5.87. The van der Waals surface area contributed by atoms with E-state index in [1.165, 1.54) is 12.7 Å². The Hall–Kier alpha value is -2.59. The second-order valence-corrected chi connectivity index (χ2v) is 8.02. The molecule has 0 N–H and O–H groups in total. The number of carbonyl (C=O) groups excluding carboxylic acids is 1. The van der Waals surface area contributed by atoms with Gasteiger partial charge in [-0.2, -0.15) is 0 Å². The van der Waals surface area contributed by atoms with Crippen molar-refractivity contribution in [3.05, 3.63) is 86.9 Å². The van der Waals surface area contributed by atoms with E-state index in [4.69, 9.17) is 9.47 Å². The molecule has 150 valence electrons. The topological polar surface area (TPSA) is 35.5 Å². The molecular weight excluding hydrogens is 428 g/mol. The van der Waals surface area contributed by atoms with Gasteiger partial charge in [0.25, 0.3) is 0 Å². The van der Waals surface area contributed by atoms with Crippen molar-refractivity contribution >= 4 is 21.9 Å². The second kappa shape index (κ2) is 9.27. The fourth-order valence-corrected chi connectivity index (χ4v) is 3.83. The Morgan fingerprint density at radius 3 is 2.34 bits per heavy atom. The third kappa shape index (κ3) is 4.88. The summed E-state index contributed by atoms with van der Waals surface area (Å²) in [5.74, 6) is 0.525. The summed E-state index contributed by atoms with van der Waals surface area (Å²) < 4.78 is 12.1. The van der Waals surface area contributed by atoms with Gasteiger partial charge in [-0.3, -0.25) is 4.79 Å².